The maximum Gasteiger partial charge on any atom is 0.186 e. The molecule has 3 rings (SSSR count). The summed E-state index contributed by atoms with van der Waals surface area (Å²) in [4.78, 5) is 4.29. The van der Waals surface area contributed by atoms with Gasteiger partial charge < -0.3 is 14.2 Å². The van der Waals surface area contributed by atoms with Gasteiger partial charge in [-0.2, -0.15) is 0 Å². The molecule has 0 bridgehead atoms. The van der Waals surface area contributed by atoms with Crippen molar-refractivity contribution in [3.05, 3.63) is 59.9 Å². The van der Waals surface area contributed by atoms with Crippen molar-refractivity contribution >= 4 is 0 Å². The highest BCUT2D eigenvalue weighted by molar-refractivity contribution is 5.27. The van der Waals surface area contributed by atoms with Gasteiger partial charge in [-0.05, 0) is 46.2 Å². The number of aromatic nitrogens is 1. The summed E-state index contributed by atoms with van der Waals surface area (Å²) in [5.74, 6) is 0.707. The summed E-state index contributed by atoms with van der Waals surface area (Å²) < 4.78 is 18.2. The van der Waals surface area contributed by atoms with Gasteiger partial charge >= 0.3 is 0 Å². The smallest absolute Gasteiger partial charge is 0.186 e. The minimum Gasteiger partial charge on any atom is -0.484 e. The monoisotopic (exact) mass is 327 g/mol. The van der Waals surface area contributed by atoms with E-state index in [-0.39, 0.29) is 17.3 Å². The number of nitrogens with zero attached hydrogens (tertiary/aromatic N) is 1. The fraction of sp³-hybridized carbons (Fsp3) is 0.450. The van der Waals surface area contributed by atoms with E-state index in [0.29, 0.717) is 5.75 Å². The number of rotatable bonds is 4. The van der Waals surface area contributed by atoms with Crippen LogP contribution in [-0.4, -0.2) is 16.2 Å². The van der Waals surface area contributed by atoms with Crippen molar-refractivity contribution < 1.29 is 14.2 Å². The molecular weight excluding hydrogens is 302 g/mol. The molecule has 1 atom stereocenters. The second-order valence-electron chi connectivity index (χ2n) is 7.21. The lowest BCUT2D eigenvalue weighted by atomic mass is 9.90. The van der Waals surface area contributed by atoms with E-state index >= 15 is 0 Å². The van der Waals surface area contributed by atoms with Gasteiger partial charge in [-0.1, -0.05) is 30.3 Å². The van der Waals surface area contributed by atoms with Crippen LogP contribution < -0.4 is 4.74 Å². The van der Waals surface area contributed by atoms with Gasteiger partial charge in [0.15, 0.2) is 6.29 Å². The van der Waals surface area contributed by atoms with Crippen LogP contribution in [0.25, 0.3) is 0 Å². The Bertz CT molecular complexity index is 681. The van der Waals surface area contributed by atoms with Gasteiger partial charge in [0.25, 0.3) is 0 Å². The predicted octanol–water partition coefficient (Wildman–Crippen LogP) is 4.82. The molecule has 1 fully saturated rings. The molecular formula is C20H25NO3. The standard InChI is InChI=1S/C20H25NO3/c1-14(15-9-7-6-8-10-15)22-17-11-16(12-21-13-17)18-23-19(2,3)20(4,5)24-18/h6-14,18H,1-5H3. The Kier molecular flexibility index (Phi) is 4.37. The zero-order valence-corrected chi connectivity index (χ0v) is 14.9. The van der Waals surface area contributed by atoms with Gasteiger partial charge in [0.1, 0.15) is 11.9 Å². The van der Waals surface area contributed by atoms with E-state index in [1.807, 2.05) is 58.9 Å². The van der Waals surface area contributed by atoms with E-state index in [2.05, 4.69) is 17.1 Å². The highest BCUT2D eigenvalue weighted by Gasteiger charge is 2.49. The largest absolute Gasteiger partial charge is 0.484 e. The van der Waals surface area contributed by atoms with E-state index in [1.54, 1.807) is 12.4 Å². The Balaban J connectivity index is 1.76. The van der Waals surface area contributed by atoms with E-state index in [4.69, 9.17) is 14.2 Å². The van der Waals surface area contributed by atoms with Crippen molar-refractivity contribution in [3.8, 4) is 5.75 Å². The molecule has 0 radical (unpaired) electrons. The number of hydrogen-bond acceptors (Lipinski definition) is 4. The van der Waals surface area contributed by atoms with Crippen LogP contribution in [0.5, 0.6) is 5.75 Å². The van der Waals surface area contributed by atoms with Crippen molar-refractivity contribution in [1.29, 1.82) is 0 Å². The molecule has 0 spiro atoms. The second kappa shape index (κ2) is 6.19. The predicted molar refractivity (Wildman–Crippen MR) is 92.8 cm³/mol. The maximum absolute atomic E-state index is 6.08. The highest BCUT2D eigenvalue weighted by atomic mass is 16.7. The van der Waals surface area contributed by atoms with Crippen LogP contribution in [-0.2, 0) is 9.47 Å². The summed E-state index contributed by atoms with van der Waals surface area (Å²) in [5.41, 5.74) is 1.25. The van der Waals surface area contributed by atoms with Crippen molar-refractivity contribution in [2.24, 2.45) is 0 Å². The Morgan fingerprint density at radius 1 is 1.00 bits per heavy atom. The molecule has 0 aliphatic carbocycles. The van der Waals surface area contributed by atoms with Gasteiger partial charge in [0.2, 0.25) is 0 Å². The summed E-state index contributed by atoms with van der Waals surface area (Å²) in [6.07, 6.45) is 3.00. The minimum absolute atomic E-state index is 0.0541. The molecule has 0 amide bonds. The minimum atomic E-state index is -0.432. The number of ether oxygens (including phenoxy) is 3. The summed E-state index contributed by atoms with van der Waals surface area (Å²) in [7, 11) is 0. The van der Waals surface area contributed by atoms with Crippen LogP contribution in [0.2, 0.25) is 0 Å². The van der Waals surface area contributed by atoms with Crippen LogP contribution in [0, 0.1) is 0 Å². The quantitative estimate of drug-likeness (QED) is 0.807. The lowest BCUT2D eigenvalue weighted by Crippen LogP contribution is -2.41. The van der Waals surface area contributed by atoms with Gasteiger partial charge in [-0.25, -0.2) is 0 Å². The first kappa shape index (κ1) is 16.9. The molecule has 4 nitrogen and oxygen atoms in total. The fourth-order valence-electron chi connectivity index (χ4n) is 2.60. The van der Waals surface area contributed by atoms with Gasteiger partial charge in [0, 0.05) is 11.8 Å². The maximum atomic E-state index is 6.08. The molecule has 2 heterocycles. The molecule has 1 aliphatic heterocycles. The third-order valence-electron chi connectivity index (χ3n) is 4.84. The average molecular weight is 327 g/mol. The van der Waals surface area contributed by atoms with Crippen LogP contribution in [0.1, 0.15) is 58.1 Å². The molecule has 1 aromatic carbocycles. The fourth-order valence-corrected chi connectivity index (χ4v) is 2.60. The first-order valence-corrected chi connectivity index (χ1v) is 8.31. The molecule has 1 saturated heterocycles. The Hall–Kier alpha value is -1.91. The normalized spacial score (nSPS) is 20.7. The molecule has 0 N–H and O–H groups in total. The molecule has 4 heteroatoms. The summed E-state index contributed by atoms with van der Waals surface area (Å²) in [6.45, 7) is 10.2. The third-order valence-corrected chi connectivity index (χ3v) is 4.84. The van der Waals surface area contributed by atoms with Gasteiger partial charge in [0.05, 0.1) is 17.4 Å². The SMILES string of the molecule is CC(Oc1cncc(C2OC(C)(C)C(C)(C)O2)c1)c1ccccc1. The molecule has 1 aliphatic rings. The zero-order chi connectivity index (χ0) is 17.4. The van der Waals surface area contributed by atoms with Crippen LogP contribution in [0.3, 0.4) is 0 Å². The Labute approximate surface area is 143 Å². The van der Waals surface area contributed by atoms with Crippen LogP contribution in [0.4, 0.5) is 0 Å². The van der Waals surface area contributed by atoms with Crippen LogP contribution >= 0.6 is 0 Å². The topological polar surface area (TPSA) is 40.6 Å². The van der Waals surface area contributed by atoms with Crippen LogP contribution in [0.15, 0.2) is 48.8 Å². The molecule has 1 aromatic heterocycles. The van der Waals surface area contributed by atoms with Crippen molar-refractivity contribution in [2.75, 3.05) is 0 Å². The summed E-state index contributed by atoms with van der Waals surface area (Å²) in [6, 6.07) is 12.1. The second-order valence-corrected chi connectivity index (χ2v) is 7.21. The van der Waals surface area contributed by atoms with E-state index in [1.165, 1.54) is 0 Å². The van der Waals surface area contributed by atoms with Crippen molar-refractivity contribution in [3.63, 3.8) is 0 Å². The third kappa shape index (κ3) is 3.30. The molecule has 0 saturated carbocycles. The lowest BCUT2D eigenvalue weighted by Gasteiger charge is -2.30. The highest BCUT2D eigenvalue weighted by Crippen LogP contribution is 2.45. The molecule has 24 heavy (non-hydrogen) atoms. The summed E-state index contributed by atoms with van der Waals surface area (Å²) in [5, 5.41) is 0. The zero-order valence-electron chi connectivity index (χ0n) is 14.9. The number of pyridine rings is 1. The number of hydrogen-bond donors (Lipinski definition) is 0. The Morgan fingerprint density at radius 3 is 2.25 bits per heavy atom. The number of benzene rings is 1. The van der Waals surface area contributed by atoms with E-state index in [0.717, 1.165) is 11.1 Å². The van der Waals surface area contributed by atoms with Crippen molar-refractivity contribution in [2.45, 2.75) is 58.2 Å². The Morgan fingerprint density at radius 2 is 1.62 bits per heavy atom. The molecule has 2 aromatic rings. The molecule has 128 valence electrons. The molecule has 1 unspecified atom stereocenters. The first-order chi connectivity index (χ1) is 11.3. The average Bonchev–Trinajstić information content (AvgIpc) is 2.76. The van der Waals surface area contributed by atoms with E-state index in [9.17, 15) is 0 Å². The summed E-state index contributed by atoms with van der Waals surface area (Å²) >= 11 is 0. The van der Waals surface area contributed by atoms with E-state index < -0.39 is 6.29 Å². The first-order valence-electron chi connectivity index (χ1n) is 8.31. The van der Waals surface area contributed by atoms with Gasteiger partial charge in [-0.3, -0.25) is 4.98 Å². The van der Waals surface area contributed by atoms with Crippen molar-refractivity contribution in [1.82, 2.24) is 4.98 Å². The van der Waals surface area contributed by atoms with Gasteiger partial charge in [-0.15, -0.1) is 0 Å². The lowest BCUT2D eigenvalue weighted by molar-refractivity contribution is -0.0898.